The van der Waals surface area contributed by atoms with Crippen LogP contribution in [0.5, 0.6) is 0 Å². The molecule has 0 aliphatic carbocycles. The van der Waals surface area contributed by atoms with Gasteiger partial charge >= 0.3 is 5.69 Å². The van der Waals surface area contributed by atoms with E-state index >= 15 is 0 Å². The van der Waals surface area contributed by atoms with Gasteiger partial charge in [-0.15, -0.1) is 0 Å². The fourth-order valence-corrected chi connectivity index (χ4v) is 1.33. The van der Waals surface area contributed by atoms with Crippen molar-refractivity contribution >= 4 is 28.3 Å². The van der Waals surface area contributed by atoms with Gasteiger partial charge in [0.25, 0.3) is 0 Å². The van der Waals surface area contributed by atoms with Gasteiger partial charge in [0.15, 0.2) is 0 Å². The third kappa shape index (κ3) is 1.36. The molecule has 0 aliphatic rings. The summed E-state index contributed by atoms with van der Waals surface area (Å²) in [6.45, 7) is 0. The smallest absolute Gasteiger partial charge is 0.347 e. The molecule has 13 heavy (non-hydrogen) atoms. The maximum Gasteiger partial charge on any atom is 0.347 e. The first kappa shape index (κ1) is 8.07. The standard InChI is InChI=1S/C8H6ClN3O/c9-4-1-2-5-6(3-4)11-8(13)12-7(5)10/h1-3H,(H3,10,11,12,13). The van der Waals surface area contributed by atoms with Crippen LogP contribution in [0.4, 0.5) is 5.82 Å². The van der Waals surface area contributed by atoms with Crippen LogP contribution in [0.2, 0.25) is 5.02 Å². The van der Waals surface area contributed by atoms with Crippen molar-refractivity contribution in [3.05, 3.63) is 33.7 Å². The van der Waals surface area contributed by atoms with Gasteiger partial charge < -0.3 is 10.7 Å². The summed E-state index contributed by atoms with van der Waals surface area (Å²) in [5, 5.41) is 1.25. The Hall–Kier alpha value is -1.55. The van der Waals surface area contributed by atoms with Crippen LogP contribution < -0.4 is 11.4 Å². The van der Waals surface area contributed by atoms with E-state index in [4.69, 9.17) is 17.3 Å². The molecule has 0 aliphatic heterocycles. The summed E-state index contributed by atoms with van der Waals surface area (Å²) in [5.74, 6) is 0.218. The zero-order chi connectivity index (χ0) is 9.42. The zero-order valence-electron chi connectivity index (χ0n) is 6.54. The van der Waals surface area contributed by atoms with Crippen LogP contribution in [0, 0.1) is 0 Å². The second-order valence-electron chi connectivity index (χ2n) is 2.62. The molecule has 0 bridgehead atoms. The number of rotatable bonds is 0. The Balaban J connectivity index is 2.94. The van der Waals surface area contributed by atoms with Crippen molar-refractivity contribution in [1.29, 1.82) is 0 Å². The lowest BCUT2D eigenvalue weighted by Gasteiger charge is -1.99. The van der Waals surface area contributed by atoms with E-state index in [1.54, 1.807) is 18.2 Å². The molecule has 66 valence electrons. The van der Waals surface area contributed by atoms with Crippen molar-refractivity contribution in [3.8, 4) is 0 Å². The Morgan fingerprint density at radius 3 is 3.00 bits per heavy atom. The molecule has 0 saturated carbocycles. The van der Waals surface area contributed by atoms with E-state index in [0.29, 0.717) is 15.9 Å². The molecule has 1 aromatic heterocycles. The van der Waals surface area contributed by atoms with Gasteiger partial charge in [0.2, 0.25) is 0 Å². The fourth-order valence-electron chi connectivity index (χ4n) is 1.16. The van der Waals surface area contributed by atoms with E-state index in [1.807, 2.05) is 0 Å². The number of aromatic amines is 1. The number of benzene rings is 1. The average molecular weight is 196 g/mol. The summed E-state index contributed by atoms with van der Waals surface area (Å²) in [7, 11) is 0. The summed E-state index contributed by atoms with van der Waals surface area (Å²) < 4.78 is 0. The van der Waals surface area contributed by atoms with Crippen LogP contribution in [0.1, 0.15) is 0 Å². The van der Waals surface area contributed by atoms with E-state index in [1.165, 1.54) is 0 Å². The van der Waals surface area contributed by atoms with Crippen LogP contribution >= 0.6 is 11.6 Å². The molecule has 4 nitrogen and oxygen atoms in total. The molecule has 5 heteroatoms. The van der Waals surface area contributed by atoms with Gasteiger partial charge in [-0.05, 0) is 18.2 Å². The van der Waals surface area contributed by atoms with Crippen molar-refractivity contribution in [1.82, 2.24) is 9.97 Å². The first-order valence-electron chi connectivity index (χ1n) is 3.62. The van der Waals surface area contributed by atoms with Gasteiger partial charge in [0, 0.05) is 10.4 Å². The number of nitrogen functional groups attached to an aromatic ring is 1. The van der Waals surface area contributed by atoms with E-state index in [9.17, 15) is 4.79 Å². The number of halogens is 1. The summed E-state index contributed by atoms with van der Waals surface area (Å²) in [4.78, 5) is 17.0. The Morgan fingerprint density at radius 2 is 2.23 bits per heavy atom. The number of aromatic nitrogens is 2. The maximum atomic E-state index is 10.9. The Labute approximate surface area is 78.4 Å². The molecule has 0 spiro atoms. The lowest BCUT2D eigenvalue weighted by molar-refractivity contribution is 1.13. The molecule has 1 heterocycles. The molecular weight excluding hydrogens is 190 g/mol. The molecule has 1 aromatic carbocycles. The number of nitrogens with zero attached hydrogens (tertiary/aromatic N) is 1. The topological polar surface area (TPSA) is 71.8 Å². The van der Waals surface area contributed by atoms with Crippen molar-refractivity contribution < 1.29 is 0 Å². The highest BCUT2D eigenvalue weighted by Crippen LogP contribution is 2.19. The number of hydrogen-bond acceptors (Lipinski definition) is 3. The predicted octanol–water partition coefficient (Wildman–Crippen LogP) is 1.16. The minimum atomic E-state index is -0.465. The first-order valence-corrected chi connectivity index (χ1v) is 3.99. The third-order valence-corrected chi connectivity index (χ3v) is 1.96. The summed E-state index contributed by atoms with van der Waals surface area (Å²) in [6, 6.07) is 5.05. The highest BCUT2D eigenvalue weighted by molar-refractivity contribution is 6.31. The molecule has 0 unspecified atom stereocenters. The number of anilines is 1. The van der Waals surface area contributed by atoms with E-state index in [-0.39, 0.29) is 5.82 Å². The average Bonchev–Trinajstić information content (AvgIpc) is 2.02. The van der Waals surface area contributed by atoms with E-state index in [0.717, 1.165) is 0 Å². The van der Waals surface area contributed by atoms with Gasteiger partial charge in [-0.2, -0.15) is 4.98 Å². The number of hydrogen-bond donors (Lipinski definition) is 2. The summed E-state index contributed by atoms with van der Waals surface area (Å²) in [5.41, 5.74) is 5.67. The highest BCUT2D eigenvalue weighted by Gasteiger charge is 2.01. The zero-order valence-corrected chi connectivity index (χ0v) is 7.30. The van der Waals surface area contributed by atoms with Crippen LogP contribution in [-0.2, 0) is 0 Å². The molecular formula is C8H6ClN3O. The van der Waals surface area contributed by atoms with Crippen LogP contribution in [0.25, 0.3) is 10.9 Å². The molecule has 2 aromatic rings. The molecule has 2 rings (SSSR count). The molecule has 0 fully saturated rings. The van der Waals surface area contributed by atoms with Crippen molar-refractivity contribution in [2.45, 2.75) is 0 Å². The van der Waals surface area contributed by atoms with Gasteiger partial charge in [-0.25, -0.2) is 4.79 Å². The van der Waals surface area contributed by atoms with Crippen LogP contribution in [0.15, 0.2) is 23.0 Å². The van der Waals surface area contributed by atoms with Gasteiger partial charge in [-0.3, -0.25) is 0 Å². The van der Waals surface area contributed by atoms with Crippen LogP contribution in [0.3, 0.4) is 0 Å². The molecule has 3 N–H and O–H groups in total. The van der Waals surface area contributed by atoms with Crippen LogP contribution in [-0.4, -0.2) is 9.97 Å². The predicted molar refractivity (Wildman–Crippen MR) is 51.8 cm³/mol. The second kappa shape index (κ2) is 2.74. The summed E-state index contributed by atoms with van der Waals surface area (Å²) >= 11 is 5.74. The van der Waals surface area contributed by atoms with Gasteiger partial charge in [-0.1, -0.05) is 11.6 Å². The fraction of sp³-hybridized carbons (Fsp3) is 0. The lowest BCUT2D eigenvalue weighted by atomic mass is 10.2. The molecule has 0 amide bonds. The highest BCUT2D eigenvalue weighted by atomic mass is 35.5. The van der Waals surface area contributed by atoms with Crippen molar-refractivity contribution in [2.24, 2.45) is 0 Å². The maximum absolute atomic E-state index is 10.9. The second-order valence-corrected chi connectivity index (χ2v) is 3.05. The van der Waals surface area contributed by atoms with Gasteiger partial charge in [0.1, 0.15) is 5.82 Å². The Kier molecular flexibility index (Phi) is 1.70. The number of H-pyrrole nitrogens is 1. The number of nitrogens with two attached hydrogens (primary N) is 1. The monoisotopic (exact) mass is 195 g/mol. The number of nitrogens with one attached hydrogen (secondary N) is 1. The van der Waals surface area contributed by atoms with Gasteiger partial charge in [0.05, 0.1) is 5.52 Å². The normalized spacial score (nSPS) is 10.5. The third-order valence-electron chi connectivity index (χ3n) is 1.72. The summed E-state index contributed by atoms with van der Waals surface area (Å²) in [6.07, 6.45) is 0. The van der Waals surface area contributed by atoms with Crippen molar-refractivity contribution in [2.75, 3.05) is 5.73 Å². The number of fused-ring (bicyclic) bond motifs is 1. The van der Waals surface area contributed by atoms with E-state index in [2.05, 4.69) is 9.97 Å². The first-order chi connectivity index (χ1) is 6.16. The molecule has 0 radical (unpaired) electrons. The lowest BCUT2D eigenvalue weighted by Crippen LogP contribution is -2.12. The Morgan fingerprint density at radius 1 is 1.46 bits per heavy atom. The quantitative estimate of drug-likeness (QED) is 0.663. The molecule has 0 atom stereocenters. The van der Waals surface area contributed by atoms with Crippen molar-refractivity contribution in [3.63, 3.8) is 0 Å². The largest absolute Gasteiger partial charge is 0.383 e. The van der Waals surface area contributed by atoms with E-state index < -0.39 is 5.69 Å². The minimum absolute atomic E-state index is 0.218. The Bertz CT molecular complexity index is 520. The molecule has 0 saturated heterocycles. The minimum Gasteiger partial charge on any atom is -0.383 e. The SMILES string of the molecule is Nc1nc(=O)[nH]c2cc(Cl)ccc12.